The van der Waals surface area contributed by atoms with Crippen molar-refractivity contribution < 1.29 is 24.0 Å². The van der Waals surface area contributed by atoms with E-state index in [-0.39, 0.29) is 23.3 Å². The van der Waals surface area contributed by atoms with Crippen LogP contribution in [0.2, 0.25) is 0 Å². The molecule has 0 aromatic heterocycles. The minimum absolute atomic E-state index is 0.102. The number of amides is 1. The van der Waals surface area contributed by atoms with E-state index in [0.717, 1.165) is 19.3 Å². The Balaban J connectivity index is 1.52. The van der Waals surface area contributed by atoms with Crippen LogP contribution in [-0.4, -0.2) is 22.6 Å². The number of fused-ring (bicyclic) bond motifs is 2. The summed E-state index contributed by atoms with van der Waals surface area (Å²) in [6.07, 6.45) is 2.34. The van der Waals surface area contributed by atoms with Crippen LogP contribution in [0.1, 0.15) is 43.8 Å². The van der Waals surface area contributed by atoms with E-state index in [1.165, 1.54) is 18.2 Å². The molecular weight excluding hydrogens is 492 g/mol. The molecule has 2 bridgehead atoms. The number of hydrogen-bond donors (Lipinski definition) is 1. The maximum atomic E-state index is 13.2. The summed E-state index contributed by atoms with van der Waals surface area (Å²) in [4.78, 5) is 49.0. The van der Waals surface area contributed by atoms with E-state index in [1.54, 1.807) is 30.3 Å². The van der Waals surface area contributed by atoms with Crippen LogP contribution in [0.4, 0.5) is 11.4 Å². The zero-order valence-electron chi connectivity index (χ0n) is 17.7. The Morgan fingerprint density at radius 1 is 1.09 bits per heavy atom. The summed E-state index contributed by atoms with van der Waals surface area (Å²) in [6.45, 7) is 0. The Hall–Kier alpha value is -3.07. The van der Waals surface area contributed by atoms with E-state index in [2.05, 4.69) is 21.2 Å². The van der Waals surface area contributed by atoms with Crippen molar-refractivity contribution >= 4 is 45.0 Å². The molecule has 2 aliphatic rings. The molecule has 8 nitrogen and oxygen atoms in total. The number of rotatable bonds is 6. The maximum Gasteiger partial charge on any atom is 0.310 e. The topological polar surface area (TPSA) is 116 Å². The van der Waals surface area contributed by atoms with Crippen molar-refractivity contribution in [2.45, 2.75) is 38.2 Å². The number of hydrogen-bond acceptors (Lipinski definition) is 6. The number of nitrogens with zero attached hydrogens (tertiary/aromatic N) is 1. The van der Waals surface area contributed by atoms with Gasteiger partial charge in [-0.1, -0.05) is 36.8 Å². The zero-order chi connectivity index (χ0) is 23.5. The summed E-state index contributed by atoms with van der Waals surface area (Å²) in [5, 5.41) is 13.7. The van der Waals surface area contributed by atoms with E-state index in [9.17, 15) is 24.5 Å². The lowest BCUT2D eigenvalue weighted by atomic mass is 9.67. The van der Waals surface area contributed by atoms with Crippen LogP contribution in [0, 0.1) is 27.9 Å². The average molecular weight is 515 g/mol. The molecule has 1 N–H and O–H groups in total. The van der Waals surface area contributed by atoms with Gasteiger partial charge in [-0.2, -0.15) is 0 Å². The number of carbonyl (C=O) groups excluding carboxylic acids is 3. The van der Waals surface area contributed by atoms with Crippen molar-refractivity contribution in [1.29, 1.82) is 0 Å². The molecule has 0 radical (unpaired) electrons. The standard InChI is InChI=1S/C24H23BrN2O6/c25-19-13-18(27(31)32)9-10-20(19)26-23(29)22(14-5-2-1-3-6-14)33-24(30)17-11-15-7-4-8-16(12-17)21(15)28/h1-3,5-6,9-10,13,15-17,22H,4,7-8,11-12H2,(H,26,29)/t15-,16-,22+/m0/s1. The molecule has 4 rings (SSSR count). The fourth-order valence-electron chi connectivity index (χ4n) is 4.70. The highest BCUT2D eigenvalue weighted by atomic mass is 79.9. The number of nitro benzene ring substituents is 1. The number of Topliss-reactive ketones (excluding diaryl/α,β-unsaturated/α-hetero) is 1. The Kier molecular flexibility index (Phi) is 6.88. The van der Waals surface area contributed by atoms with Crippen LogP contribution in [0.5, 0.6) is 0 Å². The van der Waals surface area contributed by atoms with Gasteiger partial charge in [-0.15, -0.1) is 0 Å². The second-order valence-electron chi connectivity index (χ2n) is 8.53. The number of halogens is 1. The Morgan fingerprint density at radius 3 is 2.36 bits per heavy atom. The molecule has 33 heavy (non-hydrogen) atoms. The van der Waals surface area contributed by atoms with E-state index in [1.807, 2.05) is 0 Å². The number of benzene rings is 2. The van der Waals surface area contributed by atoms with Gasteiger partial charge < -0.3 is 10.1 Å². The van der Waals surface area contributed by atoms with Crippen LogP contribution in [0.3, 0.4) is 0 Å². The van der Waals surface area contributed by atoms with Gasteiger partial charge in [0.1, 0.15) is 5.78 Å². The van der Waals surface area contributed by atoms with Gasteiger partial charge in [0.05, 0.1) is 16.5 Å². The Labute approximate surface area is 199 Å². The third kappa shape index (κ3) is 5.13. The predicted molar refractivity (Wildman–Crippen MR) is 123 cm³/mol. The van der Waals surface area contributed by atoms with Gasteiger partial charge >= 0.3 is 5.97 Å². The highest BCUT2D eigenvalue weighted by Crippen LogP contribution is 2.41. The van der Waals surface area contributed by atoms with Gasteiger partial charge in [-0.3, -0.25) is 24.5 Å². The molecule has 0 unspecified atom stereocenters. The number of carbonyl (C=O) groups is 3. The second kappa shape index (κ2) is 9.82. The van der Waals surface area contributed by atoms with E-state index >= 15 is 0 Å². The van der Waals surface area contributed by atoms with E-state index in [4.69, 9.17) is 4.74 Å². The summed E-state index contributed by atoms with van der Waals surface area (Å²) < 4.78 is 6.06. The SMILES string of the molecule is O=C(O[C@@H](C(=O)Nc1ccc([N+](=O)[O-])cc1Br)c1ccccc1)C1C[C@@H]2CCC[C@@H](C1)C2=O. The smallest absolute Gasteiger partial charge is 0.310 e. The van der Waals surface area contributed by atoms with E-state index in [0.29, 0.717) is 28.6 Å². The summed E-state index contributed by atoms with van der Waals surface area (Å²) >= 11 is 3.24. The van der Waals surface area contributed by atoms with E-state index < -0.39 is 28.8 Å². The van der Waals surface area contributed by atoms with Crippen LogP contribution >= 0.6 is 15.9 Å². The quantitative estimate of drug-likeness (QED) is 0.330. The van der Waals surface area contributed by atoms with Gasteiger partial charge in [0.15, 0.2) is 0 Å². The second-order valence-corrected chi connectivity index (χ2v) is 9.39. The normalized spacial score (nSPS) is 22.8. The van der Waals surface area contributed by atoms with Crippen molar-refractivity contribution in [3.8, 4) is 0 Å². The first kappa shape index (κ1) is 23.1. The first-order valence-electron chi connectivity index (χ1n) is 10.9. The molecule has 2 aliphatic carbocycles. The molecule has 2 aromatic carbocycles. The molecule has 9 heteroatoms. The van der Waals surface area contributed by atoms with Crippen molar-refractivity contribution in [1.82, 2.24) is 0 Å². The zero-order valence-corrected chi connectivity index (χ0v) is 19.3. The molecule has 3 atom stereocenters. The minimum Gasteiger partial charge on any atom is -0.447 e. The fraction of sp³-hybridized carbons (Fsp3) is 0.375. The van der Waals surface area contributed by atoms with Crippen LogP contribution in [-0.2, 0) is 19.1 Å². The van der Waals surface area contributed by atoms with Gasteiger partial charge in [0, 0.05) is 34.0 Å². The molecule has 0 saturated heterocycles. The van der Waals surface area contributed by atoms with Crippen molar-refractivity contribution in [3.63, 3.8) is 0 Å². The average Bonchev–Trinajstić information content (AvgIpc) is 2.78. The summed E-state index contributed by atoms with van der Waals surface area (Å²) in [5.74, 6) is -1.42. The number of ether oxygens (including phenoxy) is 1. The predicted octanol–water partition coefficient (Wildman–Crippen LogP) is 4.98. The summed E-state index contributed by atoms with van der Waals surface area (Å²) in [6, 6.07) is 12.7. The molecule has 0 spiro atoms. The molecule has 1 amide bonds. The summed E-state index contributed by atoms with van der Waals surface area (Å²) in [5.41, 5.74) is 0.706. The third-order valence-corrected chi connectivity index (χ3v) is 7.03. The highest BCUT2D eigenvalue weighted by Gasteiger charge is 2.42. The Morgan fingerprint density at radius 2 is 1.76 bits per heavy atom. The minimum atomic E-state index is -1.20. The third-order valence-electron chi connectivity index (χ3n) is 6.38. The van der Waals surface area contributed by atoms with Crippen molar-refractivity contribution in [2.24, 2.45) is 17.8 Å². The first-order valence-corrected chi connectivity index (χ1v) is 11.7. The summed E-state index contributed by atoms with van der Waals surface area (Å²) in [7, 11) is 0. The molecule has 2 saturated carbocycles. The van der Waals surface area contributed by atoms with Gasteiger partial charge in [-0.05, 0) is 47.7 Å². The van der Waals surface area contributed by atoms with Gasteiger partial charge in [0.2, 0.25) is 6.10 Å². The van der Waals surface area contributed by atoms with Crippen LogP contribution < -0.4 is 5.32 Å². The lowest BCUT2D eigenvalue weighted by molar-refractivity contribution is -0.384. The number of nitro groups is 1. The lowest BCUT2D eigenvalue weighted by Crippen LogP contribution is -2.40. The molecule has 2 aromatic rings. The van der Waals surface area contributed by atoms with Gasteiger partial charge in [-0.25, -0.2) is 0 Å². The maximum absolute atomic E-state index is 13.2. The lowest BCUT2D eigenvalue weighted by Gasteiger charge is -2.36. The first-order chi connectivity index (χ1) is 15.8. The van der Waals surface area contributed by atoms with Crippen molar-refractivity contribution in [2.75, 3.05) is 5.32 Å². The Bertz CT molecular complexity index is 1070. The van der Waals surface area contributed by atoms with Crippen molar-refractivity contribution in [3.05, 3.63) is 68.7 Å². The molecular formula is C24H23BrN2O6. The number of esters is 1. The van der Waals surface area contributed by atoms with Crippen LogP contribution in [0.25, 0.3) is 0 Å². The largest absolute Gasteiger partial charge is 0.447 e. The molecule has 0 heterocycles. The van der Waals surface area contributed by atoms with Crippen LogP contribution in [0.15, 0.2) is 53.0 Å². The molecule has 172 valence electrons. The number of nitrogens with one attached hydrogen (secondary N) is 1. The molecule has 0 aliphatic heterocycles. The number of ketones is 1. The van der Waals surface area contributed by atoms with Gasteiger partial charge in [0.25, 0.3) is 11.6 Å². The molecule has 2 fully saturated rings. The number of non-ortho nitro benzene ring substituents is 1. The number of anilines is 1. The fourth-order valence-corrected chi connectivity index (χ4v) is 5.17. The monoisotopic (exact) mass is 514 g/mol. The highest BCUT2D eigenvalue weighted by molar-refractivity contribution is 9.10.